The Kier molecular flexibility index (Phi) is 5.88. The van der Waals surface area contributed by atoms with Crippen molar-refractivity contribution in [2.24, 2.45) is 5.92 Å². The zero-order valence-electron chi connectivity index (χ0n) is 12.6. The first-order valence-electron chi connectivity index (χ1n) is 7.42. The van der Waals surface area contributed by atoms with Gasteiger partial charge in [-0.15, -0.1) is 0 Å². The quantitative estimate of drug-likeness (QED) is 0.593. The van der Waals surface area contributed by atoms with E-state index in [2.05, 4.69) is 11.9 Å². The number of likely N-dealkylation sites (tertiary alicyclic amines) is 1. The Bertz CT molecular complexity index is 579. The fraction of sp³-hybridized carbons (Fsp3) is 0.600. The Morgan fingerprint density at radius 1 is 1.23 bits per heavy atom. The molecule has 1 aromatic rings. The lowest BCUT2D eigenvalue weighted by molar-refractivity contribution is 0.201. The molecule has 1 fully saturated rings. The molecular formula is C15H21F2NO3S. The largest absolute Gasteiger partial charge is 0.306 e. The molecule has 0 atom stereocenters. The molecule has 2 rings (SSSR count). The van der Waals surface area contributed by atoms with E-state index >= 15 is 0 Å². The van der Waals surface area contributed by atoms with Crippen molar-refractivity contribution >= 4 is 10.1 Å². The summed E-state index contributed by atoms with van der Waals surface area (Å²) in [6.07, 6.45) is 3.60. The molecule has 124 valence electrons. The molecule has 0 unspecified atom stereocenters. The van der Waals surface area contributed by atoms with Gasteiger partial charge in [0.25, 0.3) is 0 Å². The van der Waals surface area contributed by atoms with Crippen LogP contribution < -0.4 is 0 Å². The third kappa shape index (κ3) is 4.47. The summed E-state index contributed by atoms with van der Waals surface area (Å²) in [5.41, 5.74) is 0. The minimum Gasteiger partial charge on any atom is -0.306 e. The van der Waals surface area contributed by atoms with Crippen LogP contribution >= 0.6 is 0 Å². The molecule has 0 aromatic heterocycles. The molecular weight excluding hydrogens is 312 g/mol. The van der Waals surface area contributed by atoms with Gasteiger partial charge in [0, 0.05) is 0 Å². The fourth-order valence-corrected chi connectivity index (χ4v) is 3.74. The van der Waals surface area contributed by atoms with E-state index in [1.165, 1.54) is 0 Å². The average molecular weight is 333 g/mol. The molecule has 1 saturated heterocycles. The van der Waals surface area contributed by atoms with Crippen LogP contribution in [0, 0.1) is 17.6 Å². The predicted octanol–water partition coefficient (Wildman–Crippen LogP) is 2.79. The Hall–Kier alpha value is -1.05. The van der Waals surface area contributed by atoms with Crippen LogP contribution in [-0.2, 0) is 14.3 Å². The number of piperidine rings is 1. The molecule has 0 saturated carbocycles. The van der Waals surface area contributed by atoms with Crippen molar-refractivity contribution in [2.75, 3.05) is 26.7 Å². The molecule has 0 spiro atoms. The highest BCUT2D eigenvalue weighted by Crippen LogP contribution is 2.23. The van der Waals surface area contributed by atoms with E-state index in [1.54, 1.807) is 0 Å². The van der Waals surface area contributed by atoms with Crippen LogP contribution in [0.1, 0.15) is 25.7 Å². The van der Waals surface area contributed by atoms with E-state index in [0.717, 1.165) is 50.6 Å². The minimum atomic E-state index is -4.39. The van der Waals surface area contributed by atoms with Gasteiger partial charge in [-0.1, -0.05) is 6.07 Å². The lowest BCUT2D eigenvalue weighted by Gasteiger charge is -2.28. The summed E-state index contributed by atoms with van der Waals surface area (Å²) in [6.45, 7) is 2.04. The molecule has 0 N–H and O–H groups in total. The number of hydrogen-bond donors (Lipinski definition) is 0. The molecule has 1 heterocycles. The van der Waals surface area contributed by atoms with Crippen molar-refractivity contribution in [1.29, 1.82) is 0 Å². The molecule has 0 bridgehead atoms. The molecule has 7 heteroatoms. The number of rotatable bonds is 6. The topological polar surface area (TPSA) is 46.6 Å². The molecule has 1 aliphatic rings. The van der Waals surface area contributed by atoms with Gasteiger partial charge in [-0.05, 0) is 63.9 Å². The highest BCUT2D eigenvalue weighted by molar-refractivity contribution is 7.86. The van der Waals surface area contributed by atoms with E-state index in [4.69, 9.17) is 4.18 Å². The molecule has 4 nitrogen and oxygen atoms in total. The maximum Gasteiger partial charge on any atom is 0.302 e. The molecule has 0 amide bonds. The van der Waals surface area contributed by atoms with Crippen LogP contribution in [0.5, 0.6) is 0 Å². The summed E-state index contributed by atoms with van der Waals surface area (Å²) in [5, 5.41) is 0. The predicted molar refractivity (Wildman–Crippen MR) is 79.0 cm³/mol. The number of hydrogen-bond acceptors (Lipinski definition) is 4. The van der Waals surface area contributed by atoms with E-state index in [1.807, 2.05) is 0 Å². The molecule has 22 heavy (non-hydrogen) atoms. The lowest BCUT2D eigenvalue weighted by atomic mass is 9.93. The standard InChI is InChI=1S/C15H21F2NO3S/c1-18-9-7-12(8-10-18)4-3-11-21-22(19,20)15-13(16)5-2-6-14(15)17/h2,5-6,12H,3-4,7-11H2,1H3. The Morgan fingerprint density at radius 2 is 1.82 bits per heavy atom. The molecule has 1 aliphatic heterocycles. The normalized spacial score (nSPS) is 17.8. The van der Waals surface area contributed by atoms with Gasteiger partial charge in [0.1, 0.15) is 11.6 Å². The number of nitrogens with zero attached hydrogens (tertiary/aromatic N) is 1. The highest BCUT2D eigenvalue weighted by atomic mass is 32.2. The summed E-state index contributed by atoms with van der Waals surface area (Å²) in [7, 11) is -2.31. The zero-order chi connectivity index (χ0) is 16.2. The minimum absolute atomic E-state index is 0.0531. The van der Waals surface area contributed by atoms with Gasteiger partial charge in [-0.3, -0.25) is 4.18 Å². The highest BCUT2D eigenvalue weighted by Gasteiger charge is 2.25. The van der Waals surface area contributed by atoms with Crippen LogP contribution in [0.4, 0.5) is 8.78 Å². The van der Waals surface area contributed by atoms with Crippen LogP contribution in [0.2, 0.25) is 0 Å². The number of halogens is 2. The zero-order valence-corrected chi connectivity index (χ0v) is 13.4. The Labute approximate surface area is 130 Å². The van der Waals surface area contributed by atoms with Gasteiger partial charge in [0.15, 0.2) is 4.90 Å². The summed E-state index contributed by atoms with van der Waals surface area (Å²) >= 11 is 0. The first kappa shape index (κ1) is 17.3. The smallest absolute Gasteiger partial charge is 0.302 e. The lowest BCUT2D eigenvalue weighted by Crippen LogP contribution is -2.30. The van der Waals surface area contributed by atoms with Crippen LogP contribution in [-0.4, -0.2) is 40.1 Å². The molecule has 1 aromatic carbocycles. The molecule has 0 aliphatic carbocycles. The van der Waals surface area contributed by atoms with Crippen LogP contribution in [0.25, 0.3) is 0 Å². The van der Waals surface area contributed by atoms with Crippen molar-refractivity contribution in [3.05, 3.63) is 29.8 Å². The van der Waals surface area contributed by atoms with E-state index in [0.29, 0.717) is 12.3 Å². The summed E-state index contributed by atoms with van der Waals surface area (Å²) < 4.78 is 55.4. The second-order valence-electron chi connectivity index (χ2n) is 5.72. The third-order valence-corrected chi connectivity index (χ3v) is 5.37. The van der Waals surface area contributed by atoms with E-state index in [-0.39, 0.29) is 6.61 Å². The second kappa shape index (κ2) is 7.48. The van der Waals surface area contributed by atoms with E-state index in [9.17, 15) is 17.2 Å². The Balaban J connectivity index is 1.83. The maximum atomic E-state index is 13.5. The number of benzene rings is 1. The van der Waals surface area contributed by atoms with Gasteiger partial charge in [-0.25, -0.2) is 8.78 Å². The van der Waals surface area contributed by atoms with Gasteiger partial charge >= 0.3 is 10.1 Å². The van der Waals surface area contributed by atoms with E-state index < -0.39 is 26.6 Å². The SMILES string of the molecule is CN1CCC(CCCOS(=O)(=O)c2c(F)cccc2F)CC1. The summed E-state index contributed by atoms with van der Waals surface area (Å²) in [6, 6.07) is 2.92. The average Bonchev–Trinajstić information content (AvgIpc) is 2.45. The van der Waals surface area contributed by atoms with Gasteiger partial charge < -0.3 is 4.90 Å². The van der Waals surface area contributed by atoms with Crippen molar-refractivity contribution in [2.45, 2.75) is 30.6 Å². The van der Waals surface area contributed by atoms with Gasteiger partial charge in [0.05, 0.1) is 6.61 Å². The fourth-order valence-electron chi connectivity index (χ4n) is 2.67. The van der Waals surface area contributed by atoms with Crippen molar-refractivity contribution in [1.82, 2.24) is 4.90 Å². The second-order valence-corrected chi connectivity index (χ2v) is 7.27. The van der Waals surface area contributed by atoms with Crippen molar-refractivity contribution < 1.29 is 21.4 Å². The van der Waals surface area contributed by atoms with Gasteiger partial charge in [-0.2, -0.15) is 8.42 Å². The third-order valence-electron chi connectivity index (χ3n) is 4.00. The van der Waals surface area contributed by atoms with Crippen LogP contribution in [0.3, 0.4) is 0 Å². The first-order valence-corrected chi connectivity index (χ1v) is 8.83. The first-order chi connectivity index (χ1) is 10.4. The van der Waals surface area contributed by atoms with Crippen molar-refractivity contribution in [3.8, 4) is 0 Å². The molecule has 0 radical (unpaired) electrons. The summed E-state index contributed by atoms with van der Waals surface area (Å²) in [5.74, 6) is -1.70. The van der Waals surface area contributed by atoms with Crippen LogP contribution in [0.15, 0.2) is 23.1 Å². The van der Waals surface area contributed by atoms with Gasteiger partial charge in [0.2, 0.25) is 0 Å². The summed E-state index contributed by atoms with van der Waals surface area (Å²) in [4.78, 5) is 1.26. The van der Waals surface area contributed by atoms with Crippen molar-refractivity contribution in [3.63, 3.8) is 0 Å². The maximum absolute atomic E-state index is 13.5. The monoisotopic (exact) mass is 333 g/mol. The Morgan fingerprint density at radius 3 is 2.41 bits per heavy atom.